The van der Waals surface area contributed by atoms with Gasteiger partial charge in [-0.3, -0.25) is 4.90 Å². The van der Waals surface area contributed by atoms with E-state index in [9.17, 15) is 8.78 Å². The minimum absolute atomic E-state index is 0.193. The van der Waals surface area contributed by atoms with Gasteiger partial charge in [-0.05, 0) is 44.8 Å². The second-order valence-electron chi connectivity index (χ2n) is 5.00. The summed E-state index contributed by atoms with van der Waals surface area (Å²) >= 11 is 6.08. The minimum atomic E-state index is -0.767. The summed E-state index contributed by atoms with van der Waals surface area (Å²) < 4.78 is 26.6. The van der Waals surface area contributed by atoms with Crippen molar-refractivity contribution in [2.75, 3.05) is 13.1 Å². The van der Waals surface area contributed by atoms with Crippen LogP contribution in [-0.2, 0) is 6.54 Å². The highest BCUT2D eigenvalue weighted by Gasteiger charge is 2.23. The van der Waals surface area contributed by atoms with Gasteiger partial charge in [0.05, 0.1) is 0 Å². The number of piperidine rings is 1. The lowest BCUT2D eigenvalue weighted by atomic mass is 9.94. The van der Waals surface area contributed by atoms with Crippen molar-refractivity contribution in [2.24, 2.45) is 5.92 Å². The Hall–Kier alpha value is -0.670. The van der Waals surface area contributed by atoms with Crippen LogP contribution in [0.5, 0.6) is 0 Å². The van der Waals surface area contributed by atoms with Crippen LogP contribution in [0.1, 0.15) is 25.3 Å². The molecule has 1 aromatic rings. The van der Waals surface area contributed by atoms with E-state index in [1.165, 1.54) is 0 Å². The average molecular weight is 274 g/mol. The molecule has 1 aromatic carbocycles. The zero-order valence-electron chi connectivity index (χ0n) is 10.5. The Bertz CT molecular complexity index is 401. The van der Waals surface area contributed by atoms with Gasteiger partial charge in [0.25, 0.3) is 0 Å². The van der Waals surface area contributed by atoms with Crippen molar-refractivity contribution in [2.45, 2.75) is 31.7 Å². The fraction of sp³-hybridized carbons (Fsp3) is 0.571. The van der Waals surface area contributed by atoms with Crippen molar-refractivity contribution in [3.63, 3.8) is 0 Å². The molecule has 0 spiro atoms. The summed E-state index contributed by atoms with van der Waals surface area (Å²) in [7, 11) is 0. The second kappa shape index (κ2) is 5.98. The molecule has 1 saturated heterocycles. The Kier molecular flexibility index (Phi) is 4.57. The van der Waals surface area contributed by atoms with E-state index in [1.807, 2.05) is 6.92 Å². The highest BCUT2D eigenvalue weighted by molar-refractivity contribution is 6.20. The van der Waals surface area contributed by atoms with Crippen molar-refractivity contribution in [3.8, 4) is 0 Å². The van der Waals surface area contributed by atoms with Gasteiger partial charge >= 0.3 is 0 Å². The number of halogens is 3. The lowest BCUT2D eigenvalue weighted by Crippen LogP contribution is -2.35. The molecule has 1 unspecified atom stereocenters. The van der Waals surface area contributed by atoms with Crippen molar-refractivity contribution in [1.29, 1.82) is 0 Å². The van der Waals surface area contributed by atoms with Gasteiger partial charge in [0, 0.05) is 17.5 Å². The Labute approximate surface area is 112 Å². The molecule has 0 bridgehead atoms. The first-order chi connectivity index (χ1) is 8.58. The van der Waals surface area contributed by atoms with E-state index in [0.29, 0.717) is 18.0 Å². The molecule has 0 saturated carbocycles. The van der Waals surface area contributed by atoms with Crippen LogP contribution in [0.25, 0.3) is 0 Å². The van der Waals surface area contributed by atoms with Gasteiger partial charge < -0.3 is 0 Å². The molecule has 2 rings (SSSR count). The number of benzene rings is 1. The quantitative estimate of drug-likeness (QED) is 0.757. The fourth-order valence-electron chi connectivity index (χ4n) is 2.48. The average Bonchev–Trinajstić information content (AvgIpc) is 2.36. The van der Waals surface area contributed by atoms with E-state index in [1.54, 1.807) is 12.1 Å². The maximum absolute atomic E-state index is 13.5. The number of hydrogen-bond donors (Lipinski definition) is 0. The van der Waals surface area contributed by atoms with Gasteiger partial charge in [-0.1, -0.05) is 12.1 Å². The Morgan fingerprint density at radius 2 is 2.00 bits per heavy atom. The maximum Gasteiger partial charge on any atom is 0.163 e. The second-order valence-corrected chi connectivity index (χ2v) is 5.69. The highest BCUT2D eigenvalue weighted by atomic mass is 35.5. The standard InChI is InChI=1S/C14H18ClF2N/c1-10(15)11-5-7-18(8-6-11)9-12-3-2-4-13(16)14(12)17/h2-4,10-11H,5-9H2,1H3. The van der Waals surface area contributed by atoms with Crippen LogP contribution in [0.2, 0.25) is 0 Å². The van der Waals surface area contributed by atoms with Crippen LogP contribution in [0.3, 0.4) is 0 Å². The molecule has 100 valence electrons. The van der Waals surface area contributed by atoms with Crippen LogP contribution in [0.4, 0.5) is 8.78 Å². The van der Waals surface area contributed by atoms with Crippen molar-refractivity contribution in [1.82, 2.24) is 4.90 Å². The van der Waals surface area contributed by atoms with E-state index >= 15 is 0 Å². The normalized spacial score (nSPS) is 20.0. The van der Waals surface area contributed by atoms with E-state index in [-0.39, 0.29) is 5.38 Å². The molecular weight excluding hydrogens is 256 g/mol. The molecule has 0 radical (unpaired) electrons. The van der Waals surface area contributed by atoms with Gasteiger partial charge in [-0.25, -0.2) is 8.78 Å². The summed E-state index contributed by atoms with van der Waals surface area (Å²) in [6.07, 6.45) is 2.06. The third-order valence-corrected chi connectivity index (χ3v) is 4.06. The van der Waals surface area contributed by atoms with Crippen molar-refractivity contribution in [3.05, 3.63) is 35.4 Å². The molecule has 1 aliphatic heterocycles. The van der Waals surface area contributed by atoms with E-state index < -0.39 is 11.6 Å². The predicted octanol–water partition coefficient (Wildman–Crippen LogP) is 3.80. The monoisotopic (exact) mass is 273 g/mol. The zero-order chi connectivity index (χ0) is 13.1. The summed E-state index contributed by atoms with van der Waals surface area (Å²) in [5.74, 6) is -0.942. The van der Waals surface area contributed by atoms with E-state index in [2.05, 4.69) is 4.90 Å². The molecule has 0 N–H and O–H groups in total. The summed E-state index contributed by atoms with van der Waals surface area (Å²) in [5, 5.41) is 0.193. The topological polar surface area (TPSA) is 3.24 Å². The summed E-state index contributed by atoms with van der Waals surface area (Å²) in [5.41, 5.74) is 0.437. The molecule has 0 amide bonds. The van der Waals surface area contributed by atoms with Crippen LogP contribution in [0.15, 0.2) is 18.2 Å². The molecule has 18 heavy (non-hydrogen) atoms. The minimum Gasteiger partial charge on any atom is -0.299 e. The summed E-state index contributed by atoms with van der Waals surface area (Å²) in [6.45, 7) is 4.30. The maximum atomic E-state index is 13.5. The van der Waals surface area contributed by atoms with Gasteiger partial charge in [-0.2, -0.15) is 0 Å². The Balaban J connectivity index is 1.94. The summed E-state index contributed by atoms with van der Waals surface area (Å²) in [4.78, 5) is 2.16. The molecule has 4 heteroatoms. The third-order valence-electron chi connectivity index (χ3n) is 3.71. The first-order valence-corrected chi connectivity index (χ1v) is 6.81. The van der Waals surface area contributed by atoms with Gasteiger partial charge in [-0.15, -0.1) is 11.6 Å². The predicted molar refractivity (Wildman–Crippen MR) is 69.7 cm³/mol. The smallest absolute Gasteiger partial charge is 0.163 e. The first-order valence-electron chi connectivity index (χ1n) is 6.37. The van der Waals surface area contributed by atoms with Crippen LogP contribution < -0.4 is 0 Å². The van der Waals surface area contributed by atoms with Crippen molar-refractivity contribution < 1.29 is 8.78 Å². The van der Waals surface area contributed by atoms with Crippen LogP contribution >= 0.6 is 11.6 Å². The first kappa shape index (κ1) is 13.8. The fourth-order valence-corrected chi connectivity index (χ4v) is 2.73. The SMILES string of the molecule is CC(Cl)C1CCN(Cc2cccc(F)c2F)CC1. The lowest BCUT2D eigenvalue weighted by molar-refractivity contribution is 0.174. The molecule has 1 heterocycles. The van der Waals surface area contributed by atoms with E-state index in [4.69, 9.17) is 11.6 Å². The van der Waals surface area contributed by atoms with E-state index in [0.717, 1.165) is 32.0 Å². The molecule has 0 aromatic heterocycles. The molecular formula is C14H18ClF2N. The highest BCUT2D eigenvalue weighted by Crippen LogP contribution is 2.25. The van der Waals surface area contributed by atoms with Gasteiger partial charge in [0.2, 0.25) is 0 Å². The summed E-state index contributed by atoms with van der Waals surface area (Å²) in [6, 6.07) is 4.36. The number of hydrogen-bond acceptors (Lipinski definition) is 1. The molecule has 1 nitrogen and oxygen atoms in total. The van der Waals surface area contributed by atoms with Crippen LogP contribution in [-0.4, -0.2) is 23.4 Å². The number of nitrogens with zero attached hydrogens (tertiary/aromatic N) is 1. The Morgan fingerprint density at radius 1 is 1.33 bits per heavy atom. The Morgan fingerprint density at radius 3 is 2.61 bits per heavy atom. The zero-order valence-corrected chi connectivity index (χ0v) is 11.3. The number of rotatable bonds is 3. The third kappa shape index (κ3) is 3.21. The molecule has 1 aliphatic rings. The van der Waals surface area contributed by atoms with Gasteiger partial charge in [0.1, 0.15) is 0 Å². The molecule has 1 fully saturated rings. The van der Waals surface area contributed by atoms with Gasteiger partial charge in [0.15, 0.2) is 11.6 Å². The van der Waals surface area contributed by atoms with Crippen molar-refractivity contribution >= 4 is 11.6 Å². The van der Waals surface area contributed by atoms with Crippen LogP contribution in [0, 0.1) is 17.6 Å². The molecule has 1 atom stereocenters. The number of likely N-dealkylation sites (tertiary alicyclic amines) is 1. The molecule has 0 aliphatic carbocycles. The lowest BCUT2D eigenvalue weighted by Gasteiger charge is -2.33. The largest absolute Gasteiger partial charge is 0.299 e. The number of alkyl halides is 1.